The number of carbonyl (C=O) groups is 1. The summed E-state index contributed by atoms with van der Waals surface area (Å²) in [5.41, 5.74) is 0. The van der Waals surface area contributed by atoms with Crippen LogP contribution in [-0.4, -0.2) is 32.4 Å². The molecule has 0 radical (unpaired) electrons. The van der Waals surface area contributed by atoms with Gasteiger partial charge in [-0.05, 0) is 6.92 Å². The maximum Gasteiger partial charge on any atom is 0.168 e. The van der Waals surface area contributed by atoms with Crippen molar-refractivity contribution in [2.45, 2.75) is 33.2 Å². The van der Waals surface area contributed by atoms with Crippen molar-refractivity contribution < 1.29 is 23.9 Å². The normalized spacial score (nSPS) is 9.70. The molecule has 0 aliphatic heterocycles. The molecule has 0 aromatic carbocycles. The van der Waals surface area contributed by atoms with Crippen molar-refractivity contribution in [2.75, 3.05) is 26.4 Å². The number of aliphatic carboxylic acids is 1. The minimum absolute atomic E-state index is 0.0495. The minimum Gasteiger partial charge on any atom is -0.550 e. The molecule has 0 saturated heterocycles. The van der Waals surface area contributed by atoms with E-state index in [4.69, 9.17) is 9.47 Å². The molecule has 0 aliphatic carbocycles. The van der Waals surface area contributed by atoms with Crippen LogP contribution in [0.5, 0.6) is 0 Å². The maximum atomic E-state index is 9.87. The van der Waals surface area contributed by atoms with E-state index in [1.54, 1.807) is 0 Å². The molecule has 5 heteroatoms. The van der Waals surface area contributed by atoms with Crippen molar-refractivity contribution in [3.63, 3.8) is 0 Å². The first-order valence-corrected chi connectivity index (χ1v) is 7.00. The lowest BCUT2D eigenvalue weighted by molar-refractivity contribution is -0.697. The van der Waals surface area contributed by atoms with Gasteiger partial charge in [-0.1, -0.05) is 13.0 Å². The number of hydrogen-bond donors (Lipinski definition) is 0. The van der Waals surface area contributed by atoms with Crippen molar-refractivity contribution >= 4 is 5.97 Å². The van der Waals surface area contributed by atoms with Crippen LogP contribution in [0.25, 0.3) is 0 Å². The fourth-order valence-electron chi connectivity index (χ4n) is 1.36. The number of aromatic nitrogens is 1. The van der Waals surface area contributed by atoms with Gasteiger partial charge in [0.2, 0.25) is 0 Å². The highest BCUT2D eigenvalue weighted by molar-refractivity contribution is 5.64. The van der Waals surface area contributed by atoms with E-state index < -0.39 is 5.97 Å². The molecule has 0 atom stereocenters. The summed E-state index contributed by atoms with van der Waals surface area (Å²) >= 11 is 0. The molecule has 1 aromatic heterocycles. The molecule has 20 heavy (non-hydrogen) atoms. The van der Waals surface area contributed by atoms with Gasteiger partial charge in [-0.3, -0.25) is 0 Å². The first-order valence-electron chi connectivity index (χ1n) is 7.00. The standard InChI is InChI=1S/C8H12N.C7H14O4/c1-2-6-9-7-4-3-5-8-9;1-2-10-5-6-11-4-3-7(8)9/h3-5,7-8H,2,6H2,1H3;2-6H2,1H3,(H,8,9)/q+1;/p-1. The Bertz CT molecular complexity index is 330. The molecular formula is C15H25NO4. The molecule has 1 rings (SSSR count). The molecule has 0 aliphatic rings. The molecule has 0 N–H and O–H groups in total. The summed E-state index contributed by atoms with van der Waals surface area (Å²) in [4.78, 5) is 9.87. The molecular weight excluding hydrogens is 258 g/mol. The van der Waals surface area contributed by atoms with Crippen LogP contribution in [-0.2, 0) is 20.8 Å². The van der Waals surface area contributed by atoms with Crippen molar-refractivity contribution in [1.29, 1.82) is 0 Å². The number of nitrogens with zero attached hydrogens (tertiary/aromatic N) is 1. The highest BCUT2D eigenvalue weighted by Crippen LogP contribution is 1.81. The topological polar surface area (TPSA) is 62.5 Å². The van der Waals surface area contributed by atoms with Gasteiger partial charge in [0, 0.05) is 37.6 Å². The quantitative estimate of drug-likeness (QED) is 0.491. The van der Waals surface area contributed by atoms with Crippen LogP contribution in [0, 0.1) is 0 Å². The van der Waals surface area contributed by atoms with E-state index in [1.807, 2.05) is 13.0 Å². The number of rotatable bonds is 9. The van der Waals surface area contributed by atoms with E-state index >= 15 is 0 Å². The predicted octanol–water partition coefficient (Wildman–Crippen LogP) is 0.564. The summed E-state index contributed by atoms with van der Waals surface area (Å²) in [6.07, 6.45) is 5.33. The fraction of sp³-hybridized carbons (Fsp3) is 0.600. The lowest BCUT2D eigenvalue weighted by Crippen LogP contribution is -2.31. The van der Waals surface area contributed by atoms with E-state index in [-0.39, 0.29) is 13.0 Å². The molecule has 0 bridgehead atoms. The lowest BCUT2D eigenvalue weighted by atomic mass is 10.4. The van der Waals surface area contributed by atoms with Gasteiger partial charge < -0.3 is 19.4 Å². The van der Waals surface area contributed by atoms with E-state index in [0.29, 0.717) is 19.8 Å². The fourth-order valence-corrected chi connectivity index (χ4v) is 1.36. The Morgan fingerprint density at radius 1 is 1.05 bits per heavy atom. The molecule has 0 amide bonds. The second-order valence-electron chi connectivity index (χ2n) is 4.04. The molecule has 5 nitrogen and oxygen atoms in total. The smallest absolute Gasteiger partial charge is 0.168 e. The first-order chi connectivity index (χ1) is 9.70. The highest BCUT2D eigenvalue weighted by Gasteiger charge is 1.91. The Morgan fingerprint density at radius 2 is 1.70 bits per heavy atom. The molecule has 0 fully saturated rings. The zero-order valence-corrected chi connectivity index (χ0v) is 12.4. The Balaban J connectivity index is 0.000000367. The third-order valence-electron chi connectivity index (χ3n) is 2.29. The summed E-state index contributed by atoms with van der Waals surface area (Å²) in [6, 6.07) is 6.14. The average molecular weight is 283 g/mol. The Kier molecular flexibility index (Phi) is 12.9. The zero-order valence-electron chi connectivity index (χ0n) is 12.4. The van der Waals surface area contributed by atoms with Crippen molar-refractivity contribution in [2.24, 2.45) is 0 Å². The largest absolute Gasteiger partial charge is 0.550 e. The second-order valence-corrected chi connectivity index (χ2v) is 4.04. The SMILES string of the molecule is CCC[n+]1ccccc1.CCOCCOCCC(=O)[O-]. The van der Waals surface area contributed by atoms with Gasteiger partial charge in [0.1, 0.15) is 6.54 Å². The van der Waals surface area contributed by atoms with E-state index in [9.17, 15) is 9.90 Å². The number of ether oxygens (including phenoxy) is 2. The number of carboxylic acid groups (broad SMARTS) is 1. The predicted molar refractivity (Wildman–Crippen MR) is 73.9 cm³/mol. The molecule has 0 unspecified atom stereocenters. The van der Waals surface area contributed by atoms with E-state index in [2.05, 4.69) is 36.0 Å². The molecule has 1 aromatic rings. The summed E-state index contributed by atoms with van der Waals surface area (Å²) in [6.45, 7) is 7.02. The van der Waals surface area contributed by atoms with Crippen molar-refractivity contribution in [3.05, 3.63) is 30.6 Å². The van der Waals surface area contributed by atoms with Crippen LogP contribution >= 0.6 is 0 Å². The number of aryl methyl sites for hydroxylation is 1. The minimum atomic E-state index is -1.08. The summed E-state index contributed by atoms with van der Waals surface area (Å²) in [5.74, 6) is -1.08. The van der Waals surface area contributed by atoms with Crippen LogP contribution in [0.2, 0.25) is 0 Å². The van der Waals surface area contributed by atoms with Crippen molar-refractivity contribution in [1.82, 2.24) is 0 Å². The molecule has 0 spiro atoms. The van der Waals surface area contributed by atoms with Crippen molar-refractivity contribution in [3.8, 4) is 0 Å². The number of hydrogen-bond acceptors (Lipinski definition) is 4. The van der Waals surface area contributed by atoms with Gasteiger partial charge in [0.15, 0.2) is 12.4 Å². The van der Waals surface area contributed by atoms with Gasteiger partial charge in [-0.15, -0.1) is 0 Å². The Morgan fingerprint density at radius 3 is 2.25 bits per heavy atom. The molecule has 0 saturated carbocycles. The number of carbonyl (C=O) groups excluding carboxylic acids is 1. The van der Waals surface area contributed by atoms with Crippen LogP contribution in [0.1, 0.15) is 26.7 Å². The number of pyridine rings is 1. The molecule has 1 heterocycles. The summed E-state index contributed by atoms with van der Waals surface area (Å²) < 4.78 is 12.0. The Labute approximate surface area is 121 Å². The third kappa shape index (κ3) is 13.0. The summed E-state index contributed by atoms with van der Waals surface area (Å²) in [5, 5.41) is 9.87. The van der Waals surface area contributed by atoms with Crippen LogP contribution in [0.4, 0.5) is 0 Å². The van der Waals surface area contributed by atoms with Gasteiger partial charge in [-0.25, -0.2) is 4.57 Å². The van der Waals surface area contributed by atoms with Crippen LogP contribution in [0.3, 0.4) is 0 Å². The van der Waals surface area contributed by atoms with Gasteiger partial charge >= 0.3 is 0 Å². The zero-order chi connectivity index (χ0) is 15.1. The van der Waals surface area contributed by atoms with E-state index in [0.717, 1.165) is 6.54 Å². The monoisotopic (exact) mass is 283 g/mol. The average Bonchev–Trinajstić information content (AvgIpc) is 2.45. The molecule has 114 valence electrons. The number of carboxylic acids is 1. The van der Waals surface area contributed by atoms with Crippen LogP contribution < -0.4 is 9.67 Å². The Hall–Kier alpha value is -1.46. The van der Waals surface area contributed by atoms with E-state index in [1.165, 1.54) is 6.42 Å². The second kappa shape index (κ2) is 14.0. The first kappa shape index (κ1) is 18.5. The lowest BCUT2D eigenvalue weighted by Gasteiger charge is -2.04. The van der Waals surface area contributed by atoms with Crippen LogP contribution in [0.15, 0.2) is 30.6 Å². The highest BCUT2D eigenvalue weighted by atomic mass is 16.5. The third-order valence-corrected chi connectivity index (χ3v) is 2.29. The van der Waals surface area contributed by atoms with Gasteiger partial charge in [0.25, 0.3) is 0 Å². The van der Waals surface area contributed by atoms with Gasteiger partial charge in [-0.2, -0.15) is 0 Å². The maximum absolute atomic E-state index is 9.87. The summed E-state index contributed by atoms with van der Waals surface area (Å²) in [7, 11) is 0. The van der Waals surface area contributed by atoms with Gasteiger partial charge in [0.05, 0.1) is 19.8 Å².